The molecule has 1 unspecified atom stereocenters. The summed E-state index contributed by atoms with van der Waals surface area (Å²) in [6.45, 7) is 13.4. The van der Waals surface area contributed by atoms with Gasteiger partial charge in [-0.3, -0.25) is 9.48 Å². The van der Waals surface area contributed by atoms with E-state index in [2.05, 4.69) is 50.2 Å². The highest BCUT2D eigenvalue weighted by molar-refractivity contribution is 5.79. The Morgan fingerprint density at radius 3 is 2.46 bits per heavy atom. The van der Waals surface area contributed by atoms with Crippen molar-refractivity contribution in [3.8, 4) is 0 Å². The molecule has 1 N–H and O–H groups in total. The van der Waals surface area contributed by atoms with Crippen molar-refractivity contribution in [2.24, 2.45) is 5.92 Å². The maximum absolute atomic E-state index is 12.5. The van der Waals surface area contributed by atoms with Crippen molar-refractivity contribution in [3.05, 3.63) is 52.3 Å². The molecule has 130 valence electrons. The van der Waals surface area contributed by atoms with Gasteiger partial charge in [0, 0.05) is 17.8 Å². The van der Waals surface area contributed by atoms with Crippen LogP contribution in [0.4, 0.5) is 0 Å². The Hall–Kier alpha value is -2.10. The van der Waals surface area contributed by atoms with Gasteiger partial charge in [0.1, 0.15) is 0 Å². The molecule has 1 amide bonds. The second-order valence-corrected chi connectivity index (χ2v) is 7.05. The minimum absolute atomic E-state index is 0.00465. The summed E-state index contributed by atoms with van der Waals surface area (Å²) in [5.74, 6) is 0.576. The van der Waals surface area contributed by atoms with Crippen molar-refractivity contribution < 1.29 is 4.79 Å². The first-order valence-corrected chi connectivity index (χ1v) is 8.67. The molecule has 0 aliphatic rings. The topological polar surface area (TPSA) is 46.9 Å². The lowest BCUT2D eigenvalue weighted by Crippen LogP contribution is -2.28. The minimum Gasteiger partial charge on any atom is -0.349 e. The van der Waals surface area contributed by atoms with Crippen LogP contribution < -0.4 is 5.32 Å². The molecule has 4 heteroatoms. The average molecular weight is 327 g/mol. The molecular formula is C20H29N3O. The SMILES string of the molecule is Cc1ccccc1C(C)NC(=O)Cc1c(C)nn(CC(C)C)c1C. The summed E-state index contributed by atoms with van der Waals surface area (Å²) >= 11 is 0. The molecule has 2 aromatic rings. The van der Waals surface area contributed by atoms with Gasteiger partial charge >= 0.3 is 0 Å². The van der Waals surface area contributed by atoms with Crippen LogP contribution in [0.2, 0.25) is 0 Å². The lowest BCUT2D eigenvalue weighted by Gasteiger charge is -2.16. The third-order valence-corrected chi connectivity index (χ3v) is 4.44. The maximum atomic E-state index is 12.5. The van der Waals surface area contributed by atoms with Gasteiger partial charge in [0.25, 0.3) is 0 Å². The molecule has 0 saturated carbocycles. The summed E-state index contributed by atoms with van der Waals surface area (Å²) in [7, 11) is 0. The van der Waals surface area contributed by atoms with Gasteiger partial charge in [-0.25, -0.2) is 0 Å². The number of carbonyl (C=O) groups is 1. The van der Waals surface area contributed by atoms with E-state index in [1.54, 1.807) is 0 Å². The number of nitrogens with zero attached hydrogens (tertiary/aromatic N) is 2. The quantitative estimate of drug-likeness (QED) is 0.875. The molecule has 2 rings (SSSR count). The first-order valence-electron chi connectivity index (χ1n) is 8.67. The Kier molecular flexibility index (Phi) is 5.81. The highest BCUT2D eigenvalue weighted by Gasteiger charge is 2.17. The van der Waals surface area contributed by atoms with E-state index in [-0.39, 0.29) is 11.9 Å². The average Bonchev–Trinajstić information content (AvgIpc) is 2.74. The molecule has 0 aliphatic heterocycles. The summed E-state index contributed by atoms with van der Waals surface area (Å²) < 4.78 is 2.02. The van der Waals surface area contributed by atoms with Crippen LogP contribution in [0.3, 0.4) is 0 Å². The largest absolute Gasteiger partial charge is 0.349 e. The molecule has 1 atom stereocenters. The van der Waals surface area contributed by atoms with Crippen LogP contribution in [0, 0.1) is 26.7 Å². The zero-order valence-corrected chi connectivity index (χ0v) is 15.7. The van der Waals surface area contributed by atoms with Crippen LogP contribution in [0.5, 0.6) is 0 Å². The lowest BCUT2D eigenvalue weighted by molar-refractivity contribution is -0.121. The molecule has 0 saturated heterocycles. The molecule has 0 bridgehead atoms. The van der Waals surface area contributed by atoms with Crippen molar-refractivity contribution >= 4 is 5.91 Å². The van der Waals surface area contributed by atoms with E-state index in [9.17, 15) is 4.79 Å². The lowest BCUT2D eigenvalue weighted by atomic mass is 10.0. The van der Waals surface area contributed by atoms with Gasteiger partial charge in [0.2, 0.25) is 5.91 Å². The number of carbonyl (C=O) groups excluding carboxylic acids is 1. The van der Waals surface area contributed by atoms with E-state index in [1.807, 2.05) is 30.7 Å². The van der Waals surface area contributed by atoms with Gasteiger partial charge in [-0.1, -0.05) is 38.1 Å². The number of rotatable bonds is 6. The number of nitrogens with one attached hydrogen (secondary N) is 1. The van der Waals surface area contributed by atoms with Gasteiger partial charge < -0.3 is 5.32 Å². The summed E-state index contributed by atoms with van der Waals surface area (Å²) in [5, 5.41) is 7.71. The predicted molar refractivity (Wildman–Crippen MR) is 98.0 cm³/mol. The fourth-order valence-electron chi connectivity index (χ4n) is 3.12. The third-order valence-electron chi connectivity index (χ3n) is 4.44. The normalized spacial score (nSPS) is 12.5. The highest BCUT2D eigenvalue weighted by atomic mass is 16.1. The number of hydrogen-bond acceptors (Lipinski definition) is 2. The number of aromatic nitrogens is 2. The molecule has 0 fully saturated rings. The van der Waals surface area contributed by atoms with E-state index < -0.39 is 0 Å². The minimum atomic E-state index is 0.00465. The van der Waals surface area contributed by atoms with Crippen LogP contribution in [0.25, 0.3) is 0 Å². The number of hydrogen-bond donors (Lipinski definition) is 1. The predicted octanol–water partition coefficient (Wildman–Crippen LogP) is 3.88. The fourth-order valence-corrected chi connectivity index (χ4v) is 3.12. The Bertz CT molecular complexity index is 716. The summed E-state index contributed by atoms with van der Waals surface area (Å²) in [6.07, 6.45) is 0.381. The van der Waals surface area contributed by atoms with Gasteiger partial charge in [-0.15, -0.1) is 0 Å². The fraction of sp³-hybridized carbons (Fsp3) is 0.500. The number of amides is 1. The van der Waals surface area contributed by atoms with Crippen LogP contribution in [0.15, 0.2) is 24.3 Å². The summed E-state index contributed by atoms with van der Waals surface area (Å²) in [6, 6.07) is 8.17. The Morgan fingerprint density at radius 2 is 1.83 bits per heavy atom. The molecule has 0 spiro atoms. The molecule has 1 aromatic carbocycles. The Morgan fingerprint density at radius 1 is 1.17 bits per heavy atom. The van der Waals surface area contributed by atoms with Crippen LogP contribution in [0.1, 0.15) is 54.9 Å². The molecule has 0 radical (unpaired) electrons. The molecule has 24 heavy (non-hydrogen) atoms. The third kappa shape index (κ3) is 4.25. The Labute approximate surface area is 145 Å². The summed E-state index contributed by atoms with van der Waals surface area (Å²) in [5.41, 5.74) is 5.45. The van der Waals surface area contributed by atoms with Crippen molar-refractivity contribution in [1.29, 1.82) is 0 Å². The van der Waals surface area contributed by atoms with Gasteiger partial charge in [0.05, 0.1) is 18.2 Å². The highest BCUT2D eigenvalue weighted by Crippen LogP contribution is 2.18. The van der Waals surface area contributed by atoms with Gasteiger partial charge in [0.15, 0.2) is 0 Å². The van der Waals surface area contributed by atoms with Crippen molar-refractivity contribution in [3.63, 3.8) is 0 Å². The maximum Gasteiger partial charge on any atom is 0.225 e. The van der Waals surface area contributed by atoms with E-state index >= 15 is 0 Å². The van der Waals surface area contributed by atoms with Crippen molar-refractivity contribution in [1.82, 2.24) is 15.1 Å². The van der Waals surface area contributed by atoms with Crippen LogP contribution in [-0.2, 0) is 17.8 Å². The van der Waals surface area contributed by atoms with Crippen molar-refractivity contribution in [2.45, 2.75) is 60.5 Å². The van der Waals surface area contributed by atoms with Gasteiger partial charge in [-0.05, 0) is 44.7 Å². The first kappa shape index (κ1) is 18.2. The molecule has 1 aromatic heterocycles. The summed E-state index contributed by atoms with van der Waals surface area (Å²) in [4.78, 5) is 12.5. The standard InChI is InChI=1S/C20H29N3O/c1-13(2)12-23-17(6)19(16(5)22-23)11-20(24)21-15(4)18-10-8-7-9-14(18)3/h7-10,13,15H,11-12H2,1-6H3,(H,21,24). The van der Waals surface area contributed by atoms with E-state index in [1.165, 1.54) is 5.56 Å². The molecule has 1 heterocycles. The number of aryl methyl sites for hydroxylation is 2. The smallest absolute Gasteiger partial charge is 0.225 e. The zero-order valence-electron chi connectivity index (χ0n) is 15.7. The van der Waals surface area contributed by atoms with Gasteiger partial charge in [-0.2, -0.15) is 5.10 Å². The zero-order chi connectivity index (χ0) is 17.9. The van der Waals surface area contributed by atoms with Crippen LogP contribution in [-0.4, -0.2) is 15.7 Å². The van der Waals surface area contributed by atoms with E-state index in [0.717, 1.165) is 29.1 Å². The monoisotopic (exact) mass is 327 g/mol. The second kappa shape index (κ2) is 7.65. The van der Waals surface area contributed by atoms with E-state index in [0.29, 0.717) is 12.3 Å². The van der Waals surface area contributed by atoms with E-state index in [4.69, 9.17) is 0 Å². The molecular weight excluding hydrogens is 298 g/mol. The Balaban J connectivity index is 2.07. The van der Waals surface area contributed by atoms with Crippen molar-refractivity contribution in [2.75, 3.05) is 0 Å². The second-order valence-electron chi connectivity index (χ2n) is 7.05. The molecule has 0 aliphatic carbocycles. The van der Waals surface area contributed by atoms with Crippen LogP contribution >= 0.6 is 0 Å². The number of benzene rings is 1. The molecule has 4 nitrogen and oxygen atoms in total. The first-order chi connectivity index (χ1) is 11.3.